The van der Waals surface area contributed by atoms with Gasteiger partial charge < -0.3 is 19.5 Å². The topological polar surface area (TPSA) is 88.5 Å². The summed E-state index contributed by atoms with van der Waals surface area (Å²) in [7, 11) is 1.71. The highest BCUT2D eigenvalue weighted by Gasteiger charge is 2.09. The molecule has 2 heterocycles. The van der Waals surface area contributed by atoms with Crippen LogP contribution >= 0.6 is 24.0 Å². The molecule has 0 spiro atoms. The minimum absolute atomic E-state index is 0. The van der Waals surface area contributed by atoms with Crippen molar-refractivity contribution in [2.75, 3.05) is 13.6 Å². The van der Waals surface area contributed by atoms with Crippen LogP contribution in [-0.2, 0) is 13.0 Å². The van der Waals surface area contributed by atoms with Crippen molar-refractivity contribution in [3.8, 4) is 22.9 Å². The number of nitrogens with one attached hydrogen (secondary N) is 2. The fourth-order valence-corrected chi connectivity index (χ4v) is 3.07. The van der Waals surface area contributed by atoms with Gasteiger partial charge in [0, 0.05) is 31.1 Å². The highest BCUT2D eigenvalue weighted by Crippen LogP contribution is 2.20. The summed E-state index contributed by atoms with van der Waals surface area (Å²) in [6, 6.07) is 14.1. The molecule has 4 aromatic rings. The maximum atomic E-state index is 13.1. The molecule has 0 radical (unpaired) electrons. The summed E-state index contributed by atoms with van der Waals surface area (Å²) in [5.41, 5.74) is 4.45. The molecular weight excluding hydrogens is 536 g/mol. The van der Waals surface area contributed by atoms with Crippen molar-refractivity contribution >= 4 is 29.9 Å². The van der Waals surface area contributed by atoms with Crippen molar-refractivity contribution in [2.24, 2.45) is 4.99 Å². The summed E-state index contributed by atoms with van der Waals surface area (Å²) < 4.78 is 24.2. The number of guanidine groups is 1. The molecule has 0 aliphatic carbocycles. The predicted molar refractivity (Wildman–Crippen MR) is 136 cm³/mol. The third-order valence-corrected chi connectivity index (χ3v) is 4.83. The summed E-state index contributed by atoms with van der Waals surface area (Å²) in [4.78, 5) is 13.2. The summed E-state index contributed by atoms with van der Waals surface area (Å²) in [5, 5.41) is 6.46. The number of hydrogen-bond acceptors (Lipinski definition) is 5. The van der Waals surface area contributed by atoms with Gasteiger partial charge in [-0.15, -0.1) is 24.0 Å². The Morgan fingerprint density at radius 3 is 2.09 bits per heavy atom. The van der Waals surface area contributed by atoms with E-state index in [9.17, 15) is 4.39 Å². The molecule has 2 aromatic carbocycles. The Bertz CT molecular complexity index is 1190. The molecule has 0 bridgehead atoms. The minimum atomic E-state index is -0.291. The fraction of sp³-hybridized carbons (Fsp3) is 0.208. The Kier molecular flexibility index (Phi) is 8.58. The molecule has 2 aromatic heterocycles. The second-order valence-electron chi connectivity index (χ2n) is 7.26. The number of aromatic nitrogens is 2. The van der Waals surface area contributed by atoms with E-state index >= 15 is 0 Å². The van der Waals surface area contributed by atoms with Crippen LogP contribution in [-0.4, -0.2) is 29.5 Å². The van der Waals surface area contributed by atoms with E-state index in [-0.39, 0.29) is 29.8 Å². The van der Waals surface area contributed by atoms with Crippen LogP contribution in [0.2, 0.25) is 0 Å². The lowest BCUT2D eigenvalue weighted by atomic mass is 10.1. The van der Waals surface area contributed by atoms with Crippen molar-refractivity contribution < 1.29 is 13.2 Å². The summed E-state index contributed by atoms with van der Waals surface area (Å²) in [6.07, 6.45) is 3.90. The Labute approximate surface area is 208 Å². The molecule has 0 atom stereocenters. The lowest BCUT2D eigenvalue weighted by molar-refractivity contribution is 0.571. The van der Waals surface area contributed by atoms with Gasteiger partial charge in [0.2, 0.25) is 11.8 Å². The highest BCUT2D eigenvalue weighted by molar-refractivity contribution is 14.0. The average Bonchev–Trinajstić information content (AvgIpc) is 3.47. The third kappa shape index (κ3) is 6.64. The number of benzene rings is 2. The van der Waals surface area contributed by atoms with Gasteiger partial charge in [-0.3, -0.25) is 4.99 Å². The second-order valence-corrected chi connectivity index (χ2v) is 7.26. The maximum Gasteiger partial charge on any atom is 0.226 e. The molecule has 0 aliphatic heterocycles. The molecule has 172 valence electrons. The van der Waals surface area contributed by atoms with Gasteiger partial charge in [-0.25, -0.2) is 14.4 Å². The van der Waals surface area contributed by atoms with Gasteiger partial charge in [-0.1, -0.05) is 17.7 Å². The molecule has 0 saturated carbocycles. The lowest BCUT2D eigenvalue weighted by Crippen LogP contribution is -2.37. The van der Waals surface area contributed by atoms with Gasteiger partial charge in [-0.2, -0.15) is 0 Å². The maximum absolute atomic E-state index is 13.1. The average molecular weight is 561 g/mol. The molecule has 33 heavy (non-hydrogen) atoms. The van der Waals surface area contributed by atoms with E-state index < -0.39 is 0 Å². The van der Waals surface area contributed by atoms with E-state index in [4.69, 9.17) is 8.83 Å². The number of halogens is 2. The molecule has 0 saturated heterocycles. The van der Waals surface area contributed by atoms with E-state index in [2.05, 4.69) is 25.6 Å². The number of hydrogen-bond donors (Lipinski definition) is 2. The van der Waals surface area contributed by atoms with E-state index in [1.54, 1.807) is 31.7 Å². The van der Waals surface area contributed by atoms with Gasteiger partial charge in [0.1, 0.15) is 18.3 Å². The van der Waals surface area contributed by atoms with Crippen molar-refractivity contribution in [1.82, 2.24) is 20.6 Å². The van der Waals surface area contributed by atoms with E-state index in [1.165, 1.54) is 17.7 Å². The van der Waals surface area contributed by atoms with Crippen LogP contribution in [0, 0.1) is 12.7 Å². The fourth-order valence-electron chi connectivity index (χ4n) is 3.07. The van der Waals surface area contributed by atoms with E-state index in [0.29, 0.717) is 37.3 Å². The molecule has 0 unspecified atom stereocenters. The first kappa shape index (κ1) is 24.4. The minimum Gasteiger partial charge on any atom is -0.444 e. The number of aliphatic imine (C=N–C) groups is 1. The smallest absolute Gasteiger partial charge is 0.226 e. The van der Waals surface area contributed by atoms with Crippen LogP contribution in [0.15, 0.2) is 74.9 Å². The Balaban J connectivity index is 0.00000306. The lowest BCUT2D eigenvalue weighted by Gasteiger charge is -2.09. The standard InChI is InChI=1S/C24H24FN5O2.HI/c1-16-3-5-17(6-4-16)23-30-21(15-32-23)13-28-24(26-2)27-12-11-20-14-31-22(29-20)18-7-9-19(25)10-8-18;/h3-10,14-15H,11-13H2,1-2H3,(H2,26,27,28);1H. The quantitative estimate of drug-likeness (QED) is 0.188. The summed E-state index contributed by atoms with van der Waals surface area (Å²) >= 11 is 0. The zero-order chi connectivity index (χ0) is 22.3. The van der Waals surface area contributed by atoms with Gasteiger partial charge in [0.25, 0.3) is 0 Å². The monoisotopic (exact) mass is 561 g/mol. The van der Waals surface area contributed by atoms with Crippen molar-refractivity contribution in [2.45, 2.75) is 19.9 Å². The molecule has 0 fully saturated rings. The first-order valence-electron chi connectivity index (χ1n) is 10.3. The van der Waals surface area contributed by atoms with Gasteiger partial charge in [0.15, 0.2) is 5.96 Å². The Morgan fingerprint density at radius 2 is 1.45 bits per heavy atom. The summed E-state index contributed by atoms with van der Waals surface area (Å²) in [5.74, 6) is 1.42. The number of nitrogens with zero attached hydrogens (tertiary/aromatic N) is 3. The van der Waals surface area contributed by atoms with Crippen LogP contribution in [0.25, 0.3) is 22.9 Å². The number of oxazole rings is 2. The van der Waals surface area contributed by atoms with Crippen molar-refractivity contribution in [3.05, 3.63) is 83.8 Å². The molecule has 0 amide bonds. The zero-order valence-electron chi connectivity index (χ0n) is 18.3. The largest absolute Gasteiger partial charge is 0.444 e. The van der Waals surface area contributed by atoms with Crippen LogP contribution in [0.1, 0.15) is 17.0 Å². The van der Waals surface area contributed by atoms with E-state index in [1.807, 2.05) is 31.2 Å². The zero-order valence-corrected chi connectivity index (χ0v) is 20.7. The Morgan fingerprint density at radius 1 is 0.879 bits per heavy atom. The number of rotatable bonds is 7. The highest BCUT2D eigenvalue weighted by atomic mass is 127. The summed E-state index contributed by atoms with van der Waals surface area (Å²) in [6.45, 7) is 3.14. The molecule has 0 aliphatic rings. The molecule has 2 N–H and O–H groups in total. The molecule has 9 heteroatoms. The molecule has 7 nitrogen and oxygen atoms in total. The normalized spacial score (nSPS) is 11.2. The van der Waals surface area contributed by atoms with Gasteiger partial charge in [0.05, 0.1) is 17.9 Å². The molecular formula is C24H25FIN5O2. The van der Waals surface area contributed by atoms with E-state index in [0.717, 1.165) is 22.5 Å². The van der Waals surface area contributed by atoms with Crippen LogP contribution in [0.3, 0.4) is 0 Å². The third-order valence-electron chi connectivity index (χ3n) is 4.83. The molecule has 4 rings (SSSR count). The predicted octanol–water partition coefficient (Wildman–Crippen LogP) is 4.97. The van der Waals surface area contributed by atoms with Crippen LogP contribution in [0.5, 0.6) is 0 Å². The van der Waals surface area contributed by atoms with Crippen LogP contribution < -0.4 is 10.6 Å². The number of aryl methyl sites for hydroxylation is 1. The van der Waals surface area contributed by atoms with Crippen molar-refractivity contribution in [1.29, 1.82) is 0 Å². The van der Waals surface area contributed by atoms with Gasteiger partial charge in [-0.05, 0) is 43.3 Å². The Hall–Kier alpha value is -3.21. The first-order chi connectivity index (χ1) is 15.6. The first-order valence-corrected chi connectivity index (χ1v) is 10.3. The SMILES string of the molecule is CN=C(NCCc1coc(-c2ccc(F)cc2)n1)NCc1coc(-c2ccc(C)cc2)n1.I. The van der Waals surface area contributed by atoms with Crippen LogP contribution in [0.4, 0.5) is 4.39 Å². The van der Waals surface area contributed by atoms with Gasteiger partial charge >= 0.3 is 0 Å². The van der Waals surface area contributed by atoms with Crippen molar-refractivity contribution in [3.63, 3.8) is 0 Å². The second kappa shape index (κ2) is 11.6.